The van der Waals surface area contributed by atoms with Crippen LogP contribution in [-0.4, -0.2) is 9.78 Å². The number of anilines is 1. The van der Waals surface area contributed by atoms with E-state index in [1.807, 2.05) is 11.7 Å². The van der Waals surface area contributed by atoms with Crippen LogP contribution in [0.4, 0.5) is 5.69 Å². The average molecular weight is 271 g/mol. The molecule has 3 nitrogen and oxygen atoms in total. The van der Waals surface area contributed by atoms with Crippen molar-refractivity contribution >= 4 is 5.69 Å². The first kappa shape index (κ1) is 14.6. The number of rotatable bonds is 3. The summed E-state index contributed by atoms with van der Waals surface area (Å²) in [6, 6.07) is 6.49. The Hall–Kier alpha value is -1.77. The fraction of sp³-hybridized carbons (Fsp3) is 0.471. The molecule has 1 heterocycles. The van der Waals surface area contributed by atoms with Gasteiger partial charge < -0.3 is 5.32 Å². The minimum atomic E-state index is 0.0709. The van der Waals surface area contributed by atoms with Crippen LogP contribution in [0.15, 0.2) is 24.4 Å². The monoisotopic (exact) mass is 271 g/mol. The van der Waals surface area contributed by atoms with Crippen LogP contribution in [-0.2, 0) is 19.0 Å². The summed E-state index contributed by atoms with van der Waals surface area (Å²) in [5.41, 5.74) is 6.30. The lowest BCUT2D eigenvalue weighted by atomic mass is 9.89. The summed E-state index contributed by atoms with van der Waals surface area (Å²) in [6.07, 6.45) is 2.11. The van der Waals surface area contributed by atoms with Gasteiger partial charge in [-0.25, -0.2) is 0 Å². The maximum absolute atomic E-state index is 4.60. The molecule has 3 heteroatoms. The first-order valence-corrected chi connectivity index (χ1v) is 7.11. The van der Waals surface area contributed by atoms with Crippen LogP contribution in [0.5, 0.6) is 0 Å². The molecule has 0 atom stereocenters. The number of hydrogen-bond acceptors (Lipinski definition) is 2. The van der Waals surface area contributed by atoms with Crippen molar-refractivity contribution in [1.29, 1.82) is 0 Å². The zero-order valence-corrected chi connectivity index (χ0v) is 13.4. The predicted molar refractivity (Wildman–Crippen MR) is 85.2 cm³/mol. The van der Waals surface area contributed by atoms with E-state index in [-0.39, 0.29) is 5.41 Å². The summed E-state index contributed by atoms with van der Waals surface area (Å²) in [5.74, 6) is 0. The van der Waals surface area contributed by atoms with Crippen molar-refractivity contribution in [2.75, 3.05) is 5.32 Å². The Morgan fingerprint density at radius 3 is 2.45 bits per heavy atom. The Balaban J connectivity index is 2.17. The van der Waals surface area contributed by atoms with Gasteiger partial charge in [-0.1, -0.05) is 26.8 Å². The fourth-order valence-corrected chi connectivity index (χ4v) is 2.35. The molecule has 1 N–H and O–H groups in total. The van der Waals surface area contributed by atoms with Crippen LogP contribution in [0.25, 0.3) is 0 Å². The summed E-state index contributed by atoms with van der Waals surface area (Å²) in [7, 11) is 1.98. The Morgan fingerprint density at radius 2 is 1.85 bits per heavy atom. The van der Waals surface area contributed by atoms with E-state index in [1.54, 1.807) is 0 Å². The van der Waals surface area contributed by atoms with Gasteiger partial charge in [-0.05, 0) is 37.1 Å². The third-order valence-electron chi connectivity index (χ3n) is 3.60. The minimum Gasteiger partial charge on any atom is -0.381 e. The molecule has 0 unspecified atom stereocenters. The minimum absolute atomic E-state index is 0.0709. The zero-order chi connectivity index (χ0) is 14.9. The highest BCUT2D eigenvalue weighted by Crippen LogP contribution is 2.25. The van der Waals surface area contributed by atoms with Crippen molar-refractivity contribution in [3.63, 3.8) is 0 Å². The number of aryl methyl sites for hydroxylation is 3. The van der Waals surface area contributed by atoms with E-state index < -0.39 is 0 Å². The van der Waals surface area contributed by atoms with Gasteiger partial charge in [-0.15, -0.1) is 0 Å². The largest absolute Gasteiger partial charge is 0.381 e. The summed E-state index contributed by atoms with van der Waals surface area (Å²) < 4.78 is 1.90. The molecule has 0 fully saturated rings. The molecule has 0 amide bonds. The molecule has 108 valence electrons. The van der Waals surface area contributed by atoms with Crippen molar-refractivity contribution in [2.45, 2.75) is 46.6 Å². The molecule has 1 aromatic carbocycles. The molecule has 20 heavy (non-hydrogen) atoms. The molecule has 2 aromatic rings. The summed E-state index contributed by atoms with van der Waals surface area (Å²) >= 11 is 0. The van der Waals surface area contributed by atoms with Gasteiger partial charge in [0.05, 0.1) is 5.69 Å². The first-order chi connectivity index (χ1) is 9.27. The van der Waals surface area contributed by atoms with E-state index in [4.69, 9.17) is 0 Å². The average Bonchev–Trinajstić information content (AvgIpc) is 2.72. The van der Waals surface area contributed by atoms with Crippen LogP contribution in [0.2, 0.25) is 0 Å². The van der Waals surface area contributed by atoms with Crippen LogP contribution in [0.3, 0.4) is 0 Å². The van der Waals surface area contributed by atoms with E-state index in [2.05, 4.69) is 69.4 Å². The van der Waals surface area contributed by atoms with E-state index in [0.29, 0.717) is 0 Å². The maximum Gasteiger partial charge on any atom is 0.0727 e. The molecular formula is C17H25N3. The van der Waals surface area contributed by atoms with Crippen molar-refractivity contribution in [2.24, 2.45) is 7.05 Å². The highest BCUT2D eigenvalue weighted by molar-refractivity contribution is 5.48. The molecule has 0 aliphatic rings. The number of aromatic nitrogens is 2. The standard InChI is InChI=1S/C17H25N3/c1-12-7-8-15(9-13(12)2)18-10-14-11-20(6)19-16(14)17(3,4)5/h7-9,11,18H,10H2,1-6H3. The van der Waals surface area contributed by atoms with E-state index >= 15 is 0 Å². The van der Waals surface area contributed by atoms with E-state index in [9.17, 15) is 0 Å². The Morgan fingerprint density at radius 1 is 1.15 bits per heavy atom. The number of nitrogens with zero attached hydrogens (tertiary/aromatic N) is 2. The van der Waals surface area contributed by atoms with Gasteiger partial charge in [0.15, 0.2) is 0 Å². The van der Waals surface area contributed by atoms with Crippen molar-refractivity contribution in [3.8, 4) is 0 Å². The Kier molecular flexibility index (Phi) is 3.89. The smallest absolute Gasteiger partial charge is 0.0727 e. The first-order valence-electron chi connectivity index (χ1n) is 7.11. The van der Waals surface area contributed by atoms with E-state index in [0.717, 1.165) is 17.9 Å². The molecule has 0 aliphatic heterocycles. The lowest BCUT2D eigenvalue weighted by Crippen LogP contribution is -2.16. The van der Waals surface area contributed by atoms with Crippen LogP contribution in [0.1, 0.15) is 43.2 Å². The van der Waals surface area contributed by atoms with Gasteiger partial charge in [0.2, 0.25) is 0 Å². The number of benzene rings is 1. The van der Waals surface area contributed by atoms with Crippen molar-refractivity contribution < 1.29 is 0 Å². The normalized spacial score (nSPS) is 11.7. The molecule has 1 aromatic heterocycles. The van der Waals surface area contributed by atoms with Gasteiger partial charge >= 0.3 is 0 Å². The highest BCUT2D eigenvalue weighted by atomic mass is 15.3. The summed E-state index contributed by atoms with van der Waals surface area (Å²) in [6.45, 7) is 11.7. The Labute approximate surface area is 122 Å². The van der Waals surface area contributed by atoms with Gasteiger partial charge in [-0.2, -0.15) is 5.10 Å². The maximum atomic E-state index is 4.60. The van der Waals surface area contributed by atoms with Crippen molar-refractivity contribution in [1.82, 2.24) is 9.78 Å². The topological polar surface area (TPSA) is 29.9 Å². The molecule has 2 rings (SSSR count). The highest BCUT2D eigenvalue weighted by Gasteiger charge is 2.21. The van der Waals surface area contributed by atoms with Crippen LogP contribution in [0, 0.1) is 13.8 Å². The van der Waals surface area contributed by atoms with E-state index in [1.165, 1.54) is 16.7 Å². The summed E-state index contributed by atoms with van der Waals surface area (Å²) in [5, 5.41) is 8.10. The second-order valence-corrected chi connectivity index (χ2v) is 6.58. The molecule has 0 radical (unpaired) electrons. The molecule has 0 saturated carbocycles. The molecule has 0 saturated heterocycles. The lowest BCUT2D eigenvalue weighted by molar-refractivity contribution is 0.549. The zero-order valence-electron chi connectivity index (χ0n) is 13.4. The fourth-order valence-electron chi connectivity index (χ4n) is 2.35. The quantitative estimate of drug-likeness (QED) is 0.916. The second-order valence-electron chi connectivity index (χ2n) is 6.58. The second kappa shape index (κ2) is 5.31. The van der Waals surface area contributed by atoms with Crippen molar-refractivity contribution in [3.05, 3.63) is 46.8 Å². The molecule has 0 bridgehead atoms. The number of hydrogen-bond donors (Lipinski definition) is 1. The predicted octanol–water partition coefficient (Wildman–Crippen LogP) is 3.95. The van der Waals surface area contributed by atoms with Gasteiger partial charge in [-0.3, -0.25) is 4.68 Å². The molecular weight excluding hydrogens is 246 g/mol. The number of nitrogens with one attached hydrogen (secondary N) is 1. The van der Waals surface area contributed by atoms with Gasteiger partial charge in [0.25, 0.3) is 0 Å². The van der Waals surface area contributed by atoms with Gasteiger partial charge in [0.1, 0.15) is 0 Å². The SMILES string of the molecule is Cc1ccc(NCc2cn(C)nc2C(C)(C)C)cc1C. The lowest BCUT2D eigenvalue weighted by Gasteiger charge is -2.18. The Bertz CT molecular complexity index is 603. The van der Waals surface area contributed by atoms with Crippen LogP contribution < -0.4 is 5.32 Å². The van der Waals surface area contributed by atoms with Crippen LogP contribution >= 0.6 is 0 Å². The van der Waals surface area contributed by atoms with Gasteiger partial charge in [0, 0.05) is 36.5 Å². The third kappa shape index (κ3) is 3.21. The molecule has 0 aliphatic carbocycles. The molecule has 0 spiro atoms. The third-order valence-corrected chi connectivity index (χ3v) is 3.60. The summed E-state index contributed by atoms with van der Waals surface area (Å²) in [4.78, 5) is 0.